The van der Waals surface area contributed by atoms with Gasteiger partial charge in [-0.2, -0.15) is 0 Å². The van der Waals surface area contributed by atoms with Crippen molar-refractivity contribution < 1.29 is 4.79 Å². The summed E-state index contributed by atoms with van der Waals surface area (Å²) >= 11 is 0. The molecule has 0 atom stereocenters. The van der Waals surface area contributed by atoms with Gasteiger partial charge in [0.15, 0.2) is 5.78 Å². The van der Waals surface area contributed by atoms with E-state index in [-0.39, 0.29) is 5.78 Å². The van der Waals surface area contributed by atoms with Crippen molar-refractivity contribution in [2.75, 3.05) is 0 Å². The fourth-order valence-electron chi connectivity index (χ4n) is 2.04. The summed E-state index contributed by atoms with van der Waals surface area (Å²) in [5.41, 5.74) is 3.78. The van der Waals surface area contributed by atoms with Gasteiger partial charge in [-0.1, -0.05) is 18.2 Å². The molecule has 0 bridgehead atoms. The number of hydrogen-bond donors (Lipinski definition) is 0. The van der Waals surface area contributed by atoms with Gasteiger partial charge in [-0.05, 0) is 24.1 Å². The molecular weight excluding hydrogens is 174 g/mol. The van der Waals surface area contributed by atoms with E-state index in [0.29, 0.717) is 6.42 Å². The van der Waals surface area contributed by atoms with Gasteiger partial charge in [0, 0.05) is 12.0 Å². The van der Waals surface area contributed by atoms with Gasteiger partial charge in [-0.25, -0.2) is 4.99 Å². The van der Waals surface area contributed by atoms with E-state index in [1.807, 2.05) is 24.3 Å². The number of aliphatic imine (C=N–C) groups is 1. The molecule has 0 aromatic rings. The molecule has 3 rings (SSSR count). The minimum atomic E-state index is 0.208. The number of ketones is 1. The van der Waals surface area contributed by atoms with Crippen LogP contribution in [0.1, 0.15) is 12.8 Å². The van der Waals surface area contributed by atoms with Crippen LogP contribution >= 0.6 is 0 Å². The largest absolute Gasteiger partial charge is 0.294 e. The average Bonchev–Trinajstić information content (AvgIpc) is 2.57. The Kier molecular flexibility index (Phi) is 1.45. The van der Waals surface area contributed by atoms with Gasteiger partial charge in [-0.3, -0.25) is 4.79 Å². The zero-order valence-corrected chi connectivity index (χ0v) is 7.66. The topological polar surface area (TPSA) is 29.4 Å². The molecule has 0 aromatic heterocycles. The molecule has 0 saturated heterocycles. The fraction of sp³-hybridized carbons (Fsp3) is 0.167. The second-order valence-electron chi connectivity index (χ2n) is 3.56. The Bertz CT molecular complexity index is 473. The van der Waals surface area contributed by atoms with E-state index in [1.165, 1.54) is 0 Å². The number of rotatable bonds is 0. The lowest BCUT2D eigenvalue weighted by molar-refractivity contribution is -0.114. The maximum absolute atomic E-state index is 11.7. The Morgan fingerprint density at radius 1 is 1.21 bits per heavy atom. The zero-order valence-electron chi connectivity index (χ0n) is 7.66. The molecule has 3 aliphatic rings. The number of allylic oxidation sites excluding steroid dienone is 7. The third-order valence-electron chi connectivity index (χ3n) is 2.68. The SMILES string of the molecule is O=C1CC=CC2=NC3=CC=CCC3=C12. The number of carbonyl (C=O) groups excluding carboxylic acids is 1. The average molecular weight is 183 g/mol. The lowest BCUT2D eigenvalue weighted by atomic mass is 9.91. The van der Waals surface area contributed by atoms with E-state index < -0.39 is 0 Å². The summed E-state index contributed by atoms with van der Waals surface area (Å²) in [4.78, 5) is 16.1. The number of hydrogen-bond acceptors (Lipinski definition) is 2. The van der Waals surface area contributed by atoms with Crippen LogP contribution in [0.5, 0.6) is 0 Å². The van der Waals surface area contributed by atoms with E-state index in [1.54, 1.807) is 0 Å². The van der Waals surface area contributed by atoms with Crippen LogP contribution in [0.4, 0.5) is 0 Å². The van der Waals surface area contributed by atoms with Crippen molar-refractivity contribution in [3.63, 3.8) is 0 Å². The van der Waals surface area contributed by atoms with Crippen molar-refractivity contribution >= 4 is 11.5 Å². The van der Waals surface area contributed by atoms with Gasteiger partial charge < -0.3 is 0 Å². The van der Waals surface area contributed by atoms with Crippen LogP contribution in [-0.4, -0.2) is 11.5 Å². The molecule has 0 saturated carbocycles. The molecule has 0 spiro atoms. The van der Waals surface area contributed by atoms with Gasteiger partial charge in [0.2, 0.25) is 0 Å². The Morgan fingerprint density at radius 2 is 2.14 bits per heavy atom. The molecule has 0 radical (unpaired) electrons. The number of fused-ring (bicyclic) bond motifs is 2. The van der Waals surface area contributed by atoms with Crippen LogP contribution < -0.4 is 0 Å². The summed E-state index contributed by atoms with van der Waals surface area (Å²) in [6.45, 7) is 0. The van der Waals surface area contributed by atoms with E-state index in [2.05, 4.69) is 11.1 Å². The van der Waals surface area contributed by atoms with Crippen molar-refractivity contribution in [2.24, 2.45) is 4.99 Å². The first-order valence-electron chi connectivity index (χ1n) is 4.75. The minimum absolute atomic E-state index is 0.208. The summed E-state index contributed by atoms with van der Waals surface area (Å²) in [6, 6.07) is 0. The second-order valence-corrected chi connectivity index (χ2v) is 3.56. The lowest BCUT2D eigenvalue weighted by Gasteiger charge is -2.09. The summed E-state index contributed by atoms with van der Waals surface area (Å²) in [5.74, 6) is 0.208. The van der Waals surface area contributed by atoms with E-state index in [0.717, 1.165) is 29.0 Å². The van der Waals surface area contributed by atoms with Gasteiger partial charge in [-0.15, -0.1) is 0 Å². The molecule has 0 N–H and O–H groups in total. The van der Waals surface area contributed by atoms with E-state index >= 15 is 0 Å². The van der Waals surface area contributed by atoms with Crippen LogP contribution in [0.25, 0.3) is 0 Å². The highest BCUT2D eigenvalue weighted by Crippen LogP contribution is 2.33. The maximum atomic E-state index is 11.7. The number of Topliss-reactive ketones (excluding diaryl/α,β-unsaturated/α-hetero) is 1. The Balaban J connectivity index is 2.23. The first-order valence-corrected chi connectivity index (χ1v) is 4.75. The molecule has 2 aliphatic carbocycles. The molecule has 0 aromatic carbocycles. The molecular formula is C12H9NO. The van der Waals surface area contributed by atoms with Crippen molar-refractivity contribution in [1.82, 2.24) is 0 Å². The normalized spacial score (nSPS) is 23.3. The third kappa shape index (κ3) is 0.909. The van der Waals surface area contributed by atoms with Crippen LogP contribution in [0.15, 0.2) is 52.2 Å². The molecule has 68 valence electrons. The van der Waals surface area contributed by atoms with E-state index in [4.69, 9.17) is 0 Å². The van der Waals surface area contributed by atoms with Gasteiger partial charge in [0.1, 0.15) is 0 Å². The Hall–Kier alpha value is -1.70. The first-order chi connectivity index (χ1) is 6.86. The summed E-state index contributed by atoms with van der Waals surface area (Å²) < 4.78 is 0. The molecule has 2 heteroatoms. The van der Waals surface area contributed by atoms with Crippen LogP contribution in [-0.2, 0) is 4.79 Å². The van der Waals surface area contributed by atoms with Crippen LogP contribution in [0, 0.1) is 0 Å². The maximum Gasteiger partial charge on any atom is 0.169 e. The number of nitrogens with zero attached hydrogens (tertiary/aromatic N) is 1. The Morgan fingerprint density at radius 3 is 3.07 bits per heavy atom. The predicted octanol–water partition coefficient (Wildman–Crippen LogP) is 2.11. The Labute approximate surface area is 82.0 Å². The number of carbonyl (C=O) groups is 1. The molecule has 0 unspecified atom stereocenters. The monoisotopic (exact) mass is 183 g/mol. The summed E-state index contributed by atoms with van der Waals surface area (Å²) in [6.07, 6.45) is 11.2. The van der Waals surface area contributed by atoms with Crippen molar-refractivity contribution in [2.45, 2.75) is 12.8 Å². The fourth-order valence-corrected chi connectivity index (χ4v) is 2.04. The highest BCUT2D eigenvalue weighted by Gasteiger charge is 2.28. The van der Waals surface area contributed by atoms with Crippen molar-refractivity contribution in [3.8, 4) is 0 Å². The second kappa shape index (κ2) is 2.64. The first kappa shape index (κ1) is 7.68. The molecule has 1 aliphatic heterocycles. The molecule has 1 heterocycles. The van der Waals surface area contributed by atoms with Crippen LogP contribution in [0.3, 0.4) is 0 Å². The predicted molar refractivity (Wildman–Crippen MR) is 55.1 cm³/mol. The van der Waals surface area contributed by atoms with Crippen molar-refractivity contribution in [3.05, 3.63) is 47.2 Å². The highest BCUT2D eigenvalue weighted by atomic mass is 16.1. The smallest absolute Gasteiger partial charge is 0.169 e. The van der Waals surface area contributed by atoms with Crippen LogP contribution in [0.2, 0.25) is 0 Å². The molecule has 14 heavy (non-hydrogen) atoms. The quantitative estimate of drug-likeness (QED) is 0.565. The standard InChI is InChI=1S/C12H9NO/c14-11-7-3-6-10-12(11)8-4-1-2-5-9(8)13-10/h1-3,5-6H,4,7H2. The summed E-state index contributed by atoms with van der Waals surface area (Å²) in [5, 5.41) is 0. The van der Waals surface area contributed by atoms with E-state index in [9.17, 15) is 4.79 Å². The van der Waals surface area contributed by atoms with Gasteiger partial charge in [0.05, 0.1) is 11.4 Å². The molecule has 0 amide bonds. The van der Waals surface area contributed by atoms with Crippen molar-refractivity contribution in [1.29, 1.82) is 0 Å². The lowest BCUT2D eigenvalue weighted by Crippen LogP contribution is -2.13. The highest BCUT2D eigenvalue weighted by molar-refractivity contribution is 6.31. The zero-order chi connectivity index (χ0) is 9.54. The molecule has 2 nitrogen and oxygen atoms in total. The summed E-state index contributed by atoms with van der Waals surface area (Å²) in [7, 11) is 0. The minimum Gasteiger partial charge on any atom is -0.294 e. The molecule has 0 fully saturated rings. The third-order valence-corrected chi connectivity index (χ3v) is 2.68. The van der Waals surface area contributed by atoms with Gasteiger partial charge in [0.25, 0.3) is 0 Å². The van der Waals surface area contributed by atoms with Gasteiger partial charge >= 0.3 is 0 Å².